The van der Waals surface area contributed by atoms with Crippen molar-refractivity contribution < 1.29 is 32.2 Å². The highest BCUT2D eigenvalue weighted by Gasteiger charge is 2.43. The highest BCUT2D eigenvalue weighted by molar-refractivity contribution is 5.94. The standard InChI is InChI=1S/C17H21F3N2O4/c1-25-13-4-3-12(9-14(13)26-2)15(23)21-10-11-5-7-22(8-6-11)16(24)17(18,19)20/h3-4,9,11H,5-8,10H2,1-2H3,(H,21,23). The molecule has 0 aromatic heterocycles. The highest BCUT2D eigenvalue weighted by Crippen LogP contribution is 2.28. The number of amides is 2. The van der Waals surface area contributed by atoms with E-state index in [0.29, 0.717) is 36.4 Å². The van der Waals surface area contributed by atoms with Gasteiger partial charge in [-0.25, -0.2) is 0 Å². The van der Waals surface area contributed by atoms with Crippen molar-refractivity contribution in [3.8, 4) is 11.5 Å². The smallest absolute Gasteiger partial charge is 0.471 e. The molecule has 1 N–H and O–H groups in total. The monoisotopic (exact) mass is 374 g/mol. The average molecular weight is 374 g/mol. The molecule has 9 heteroatoms. The summed E-state index contributed by atoms with van der Waals surface area (Å²) >= 11 is 0. The summed E-state index contributed by atoms with van der Waals surface area (Å²) in [6.45, 7) is 0.408. The van der Waals surface area contributed by atoms with Crippen molar-refractivity contribution in [2.75, 3.05) is 33.9 Å². The molecule has 1 aliphatic rings. The summed E-state index contributed by atoms with van der Waals surface area (Å²) in [5, 5.41) is 2.77. The Kier molecular flexibility index (Phi) is 6.33. The van der Waals surface area contributed by atoms with Crippen LogP contribution < -0.4 is 14.8 Å². The molecule has 1 saturated heterocycles. The fraction of sp³-hybridized carbons (Fsp3) is 0.529. The van der Waals surface area contributed by atoms with E-state index >= 15 is 0 Å². The molecule has 1 aromatic rings. The molecule has 6 nitrogen and oxygen atoms in total. The van der Waals surface area contributed by atoms with Crippen LogP contribution in [0, 0.1) is 5.92 Å². The van der Waals surface area contributed by atoms with E-state index in [1.165, 1.54) is 14.2 Å². The first-order valence-corrected chi connectivity index (χ1v) is 8.12. The van der Waals surface area contributed by atoms with Crippen molar-refractivity contribution in [3.63, 3.8) is 0 Å². The molecule has 0 unspecified atom stereocenters. The van der Waals surface area contributed by atoms with E-state index in [1.807, 2.05) is 0 Å². The minimum absolute atomic E-state index is 0.0244. The Morgan fingerprint density at radius 2 is 1.77 bits per heavy atom. The van der Waals surface area contributed by atoms with Crippen molar-refractivity contribution >= 4 is 11.8 Å². The van der Waals surface area contributed by atoms with Gasteiger partial charge in [0.25, 0.3) is 5.91 Å². The molecule has 144 valence electrons. The molecule has 1 aromatic carbocycles. The number of hydrogen-bond donors (Lipinski definition) is 1. The number of piperidine rings is 1. The van der Waals surface area contributed by atoms with Gasteiger partial charge in [-0.05, 0) is 37.0 Å². The number of benzene rings is 1. The van der Waals surface area contributed by atoms with Gasteiger partial charge in [0.2, 0.25) is 0 Å². The molecule has 1 fully saturated rings. The number of rotatable bonds is 5. The van der Waals surface area contributed by atoms with Gasteiger partial charge in [-0.1, -0.05) is 0 Å². The van der Waals surface area contributed by atoms with Gasteiger partial charge in [0, 0.05) is 25.2 Å². The summed E-state index contributed by atoms with van der Waals surface area (Å²) < 4.78 is 47.5. The second kappa shape index (κ2) is 8.29. The lowest BCUT2D eigenvalue weighted by atomic mass is 9.96. The molecule has 0 bridgehead atoms. The van der Waals surface area contributed by atoms with Crippen LogP contribution in [0.15, 0.2) is 18.2 Å². The molecular formula is C17H21F3N2O4. The van der Waals surface area contributed by atoms with Gasteiger partial charge in [0.1, 0.15) is 0 Å². The van der Waals surface area contributed by atoms with Crippen LogP contribution in [0.3, 0.4) is 0 Å². The molecule has 0 atom stereocenters. The van der Waals surface area contributed by atoms with Crippen LogP contribution in [0.4, 0.5) is 13.2 Å². The number of carbonyl (C=O) groups is 2. The minimum atomic E-state index is -4.84. The van der Waals surface area contributed by atoms with Crippen LogP contribution in [0.2, 0.25) is 0 Å². The fourth-order valence-corrected chi connectivity index (χ4v) is 2.84. The Hall–Kier alpha value is -2.45. The first-order valence-electron chi connectivity index (χ1n) is 8.12. The molecule has 2 rings (SSSR count). The predicted molar refractivity (Wildman–Crippen MR) is 87.2 cm³/mol. The largest absolute Gasteiger partial charge is 0.493 e. The summed E-state index contributed by atoms with van der Waals surface area (Å²) in [6.07, 6.45) is -4.02. The molecule has 0 spiro atoms. The lowest BCUT2D eigenvalue weighted by Gasteiger charge is -2.32. The van der Waals surface area contributed by atoms with Gasteiger partial charge in [-0.2, -0.15) is 13.2 Å². The Balaban J connectivity index is 1.85. The van der Waals surface area contributed by atoms with Crippen molar-refractivity contribution in [1.29, 1.82) is 0 Å². The van der Waals surface area contributed by atoms with E-state index in [2.05, 4.69) is 5.32 Å². The maximum Gasteiger partial charge on any atom is 0.471 e. The summed E-state index contributed by atoms with van der Waals surface area (Å²) in [6, 6.07) is 4.77. The number of halogens is 3. The number of carbonyl (C=O) groups excluding carboxylic acids is 2. The minimum Gasteiger partial charge on any atom is -0.493 e. The topological polar surface area (TPSA) is 67.9 Å². The molecule has 0 saturated carbocycles. The SMILES string of the molecule is COc1ccc(C(=O)NCC2CCN(C(=O)C(F)(F)F)CC2)cc1OC. The van der Waals surface area contributed by atoms with E-state index in [9.17, 15) is 22.8 Å². The van der Waals surface area contributed by atoms with E-state index in [4.69, 9.17) is 9.47 Å². The normalized spacial score (nSPS) is 15.5. The van der Waals surface area contributed by atoms with Crippen LogP contribution in [0.5, 0.6) is 11.5 Å². The van der Waals surface area contributed by atoms with Crippen molar-refractivity contribution in [2.24, 2.45) is 5.92 Å². The molecule has 1 aliphatic heterocycles. The zero-order valence-corrected chi connectivity index (χ0v) is 14.6. The third-order valence-electron chi connectivity index (χ3n) is 4.34. The van der Waals surface area contributed by atoms with E-state index in [-0.39, 0.29) is 24.9 Å². The first-order chi connectivity index (χ1) is 12.3. The van der Waals surface area contributed by atoms with Crippen LogP contribution in [0.25, 0.3) is 0 Å². The van der Waals surface area contributed by atoms with Crippen molar-refractivity contribution in [1.82, 2.24) is 10.2 Å². The van der Waals surface area contributed by atoms with Gasteiger partial charge >= 0.3 is 12.1 Å². The second-order valence-corrected chi connectivity index (χ2v) is 6.01. The van der Waals surface area contributed by atoms with Crippen LogP contribution >= 0.6 is 0 Å². The first kappa shape index (κ1) is 19.9. The number of nitrogens with one attached hydrogen (secondary N) is 1. The van der Waals surface area contributed by atoms with Crippen LogP contribution in [0.1, 0.15) is 23.2 Å². The van der Waals surface area contributed by atoms with Crippen LogP contribution in [-0.2, 0) is 4.79 Å². The Morgan fingerprint density at radius 1 is 1.15 bits per heavy atom. The number of nitrogens with zero attached hydrogens (tertiary/aromatic N) is 1. The molecule has 0 aliphatic carbocycles. The summed E-state index contributed by atoms with van der Waals surface area (Å²) in [5.74, 6) is -1.15. The van der Waals surface area contributed by atoms with E-state index in [0.717, 1.165) is 4.90 Å². The van der Waals surface area contributed by atoms with Crippen molar-refractivity contribution in [3.05, 3.63) is 23.8 Å². The molecule has 0 radical (unpaired) electrons. The zero-order chi connectivity index (χ0) is 19.3. The third kappa shape index (κ3) is 4.80. The maximum absolute atomic E-state index is 12.4. The molecular weight excluding hydrogens is 353 g/mol. The summed E-state index contributed by atoms with van der Waals surface area (Å²) in [5.41, 5.74) is 0.396. The predicted octanol–water partition coefficient (Wildman–Crippen LogP) is 2.23. The number of ether oxygens (including phenoxy) is 2. The summed E-state index contributed by atoms with van der Waals surface area (Å²) in [4.78, 5) is 24.2. The number of hydrogen-bond acceptors (Lipinski definition) is 4. The van der Waals surface area contributed by atoms with E-state index < -0.39 is 12.1 Å². The fourth-order valence-electron chi connectivity index (χ4n) is 2.84. The van der Waals surface area contributed by atoms with Gasteiger partial charge in [-0.3, -0.25) is 9.59 Å². The number of likely N-dealkylation sites (tertiary alicyclic amines) is 1. The number of methoxy groups -OCH3 is 2. The molecule has 26 heavy (non-hydrogen) atoms. The van der Waals surface area contributed by atoms with Crippen molar-refractivity contribution in [2.45, 2.75) is 19.0 Å². The zero-order valence-electron chi connectivity index (χ0n) is 14.6. The highest BCUT2D eigenvalue weighted by atomic mass is 19.4. The lowest BCUT2D eigenvalue weighted by molar-refractivity contribution is -0.186. The van der Waals surface area contributed by atoms with Gasteiger partial charge < -0.3 is 19.7 Å². The van der Waals surface area contributed by atoms with Crippen LogP contribution in [-0.4, -0.2) is 56.7 Å². The quantitative estimate of drug-likeness (QED) is 0.858. The molecule has 1 heterocycles. The van der Waals surface area contributed by atoms with E-state index in [1.54, 1.807) is 18.2 Å². The number of alkyl halides is 3. The maximum atomic E-state index is 12.4. The third-order valence-corrected chi connectivity index (χ3v) is 4.34. The summed E-state index contributed by atoms with van der Waals surface area (Å²) in [7, 11) is 2.96. The Labute approximate surface area is 149 Å². The molecule has 2 amide bonds. The second-order valence-electron chi connectivity index (χ2n) is 6.01. The Bertz CT molecular complexity index is 656. The van der Waals surface area contributed by atoms with Gasteiger partial charge in [-0.15, -0.1) is 0 Å². The van der Waals surface area contributed by atoms with Gasteiger partial charge in [0.15, 0.2) is 11.5 Å². The lowest BCUT2D eigenvalue weighted by Crippen LogP contribution is -2.46. The Morgan fingerprint density at radius 3 is 2.31 bits per heavy atom. The van der Waals surface area contributed by atoms with Gasteiger partial charge in [0.05, 0.1) is 14.2 Å². The average Bonchev–Trinajstić information content (AvgIpc) is 2.64.